The number of anilines is 4. The van der Waals surface area contributed by atoms with Crippen LogP contribution in [0.3, 0.4) is 0 Å². The first-order valence-corrected chi connectivity index (χ1v) is 9.81. The molecule has 3 aromatic rings. The molecule has 0 radical (unpaired) electrons. The molecule has 1 aromatic heterocycles. The Morgan fingerprint density at radius 3 is 2.52 bits per heavy atom. The average molecular weight is 429 g/mol. The molecular weight excluding hydrogens is 414 g/mol. The summed E-state index contributed by atoms with van der Waals surface area (Å²) >= 11 is 0. The lowest BCUT2D eigenvalue weighted by atomic mass is 10.2. The molecule has 0 spiro atoms. The number of nitrogens with one attached hydrogen (secondary N) is 2. The predicted molar refractivity (Wildman–Crippen MR) is 106 cm³/mol. The minimum Gasteiger partial charge on any atom is -0.340 e. The van der Waals surface area contributed by atoms with Crippen LogP contribution < -0.4 is 10.6 Å². The van der Waals surface area contributed by atoms with Gasteiger partial charge in [0, 0.05) is 22.6 Å². The van der Waals surface area contributed by atoms with Gasteiger partial charge in [-0.1, -0.05) is 12.1 Å². The molecule has 0 saturated heterocycles. The van der Waals surface area contributed by atoms with Crippen LogP contribution in [0.15, 0.2) is 59.6 Å². The van der Waals surface area contributed by atoms with Gasteiger partial charge in [0.05, 0.1) is 5.69 Å². The summed E-state index contributed by atoms with van der Waals surface area (Å²) in [5.41, 5.74) is 1.43. The number of aryl methyl sites for hydroxylation is 1. The fourth-order valence-corrected chi connectivity index (χ4v) is 3.29. The maximum Gasteiger partial charge on any atom is 0.263 e. The number of nitrogens with zero attached hydrogens (tertiary/aromatic N) is 2. The number of para-hydroxylation sites is 1. The highest BCUT2D eigenvalue weighted by atomic mass is 35.7. The Morgan fingerprint density at radius 1 is 1.07 bits per heavy atom. The maximum atomic E-state index is 13.4. The van der Waals surface area contributed by atoms with Crippen LogP contribution in [0.5, 0.6) is 0 Å². The predicted octanol–water partition coefficient (Wildman–Crippen LogP) is 4.76. The monoisotopic (exact) mass is 428 g/mol. The van der Waals surface area contributed by atoms with Gasteiger partial charge in [0.2, 0.25) is 5.95 Å². The Hall–Kier alpha value is -2.42. The van der Waals surface area contributed by atoms with Crippen LogP contribution >= 0.6 is 23.1 Å². The Labute approximate surface area is 166 Å². The van der Waals surface area contributed by atoms with Crippen molar-refractivity contribution in [3.05, 3.63) is 66.1 Å². The molecular formula is C17H15Cl2FN4O2S. The molecule has 0 atom stereocenters. The molecule has 3 rings (SSSR count). The Kier molecular flexibility index (Phi) is 6.59. The quantitative estimate of drug-likeness (QED) is 0.569. The van der Waals surface area contributed by atoms with E-state index >= 15 is 0 Å². The molecule has 27 heavy (non-hydrogen) atoms. The lowest BCUT2D eigenvalue weighted by Crippen LogP contribution is -2.03. The van der Waals surface area contributed by atoms with Gasteiger partial charge in [0.15, 0.2) is 0 Å². The largest absolute Gasteiger partial charge is 0.340 e. The van der Waals surface area contributed by atoms with Crippen LogP contribution in [0.4, 0.5) is 27.5 Å². The summed E-state index contributed by atoms with van der Waals surface area (Å²) in [6.07, 6.45) is 1.51. The standard InChI is InChI=1S/C17H14ClFN4O2S.ClH/c1-11-10-12(6-7-13(11)19)21-16-8-9-20-17(23-16)22-14-4-2-3-5-15(14)26(18,24)25;/h2-10H,1H3,(H2,20,21,22,23);1H. The first-order chi connectivity index (χ1) is 12.3. The van der Waals surface area contributed by atoms with Gasteiger partial charge >= 0.3 is 0 Å². The van der Waals surface area contributed by atoms with Crippen molar-refractivity contribution in [2.24, 2.45) is 0 Å². The molecule has 142 valence electrons. The van der Waals surface area contributed by atoms with Gasteiger partial charge in [-0.15, -0.1) is 12.4 Å². The number of hydrogen-bond acceptors (Lipinski definition) is 6. The third kappa shape index (κ3) is 5.29. The number of aromatic nitrogens is 2. The SMILES string of the molecule is Cc1cc(Nc2ccnc(Nc3ccccc3S(=O)(=O)Cl)n2)ccc1F.Cl. The van der Waals surface area contributed by atoms with Crippen LogP contribution in [0, 0.1) is 12.7 Å². The summed E-state index contributed by atoms with van der Waals surface area (Å²) < 4.78 is 36.7. The Bertz CT molecular complexity index is 1060. The van der Waals surface area contributed by atoms with Crippen molar-refractivity contribution in [1.29, 1.82) is 0 Å². The zero-order valence-electron chi connectivity index (χ0n) is 14.0. The molecule has 0 bridgehead atoms. The lowest BCUT2D eigenvalue weighted by molar-refractivity contribution is 0.610. The Balaban J connectivity index is 0.00000261. The van der Waals surface area contributed by atoms with Crippen LogP contribution in [0.25, 0.3) is 0 Å². The molecule has 2 aromatic carbocycles. The molecule has 1 heterocycles. The van der Waals surface area contributed by atoms with E-state index in [9.17, 15) is 12.8 Å². The third-order valence-electron chi connectivity index (χ3n) is 3.48. The van der Waals surface area contributed by atoms with Crippen molar-refractivity contribution in [3.8, 4) is 0 Å². The van der Waals surface area contributed by atoms with Gasteiger partial charge < -0.3 is 10.6 Å². The second-order valence-corrected chi connectivity index (χ2v) is 7.95. The molecule has 10 heteroatoms. The first-order valence-electron chi connectivity index (χ1n) is 7.50. The zero-order chi connectivity index (χ0) is 18.7. The molecule has 0 aliphatic rings. The number of benzene rings is 2. The van der Waals surface area contributed by atoms with Gasteiger partial charge in [-0.2, -0.15) is 4.98 Å². The van der Waals surface area contributed by atoms with Gasteiger partial charge in [0.25, 0.3) is 9.05 Å². The van der Waals surface area contributed by atoms with E-state index < -0.39 is 9.05 Å². The van der Waals surface area contributed by atoms with Crippen molar-refractivity contribution in [2.45, 2.75) is 11.8 Å². The van der Waals surface area contributed by atoms with Gasteiger partial charge in [-0.25, -0.2) is 17.8 Å². The summed E-state index contributed by atoms with van der Waals surface area (Å²) in [4.78, 5) is 8.27. The van der Waals surface area contributed by atoms with Crippen LogP contribution in [0.2, 0.25) is 0 Å². The van der Waals surface area contributed by atoms with E-state index in [0.717, 1.165) is 0 Å². The number of rotatable bonds is 5. The normalized spacial score (nSPS) is 10.8. The highest BCUT2D eigenvalue weighted by Gasteiger charge is 2.15. The fourth-order valence-electron chi connectivity index (χ4n) is 2.26. The van der Waals surface area contributed by atoms with E-state index in [1.165, 1.54) is 18.3 Å². The molecule has 0 saturated carbocycles. The molecule has 6 nitrogen and oxygen atoms in total. The van der Waals surface area contributed by atoms with Crippen molar-refractivity contribution in [2.75, 3.05) is 10.6 Å². The van der Waals surface area contributed by atoms with Crippen molar-refractivity contribution in [3.63, 3.8) is 0 Å². The maximum absolute atomic E-state index is 13.4. The number of halogens is 3. The fraction of sp³-hybridized carbons (Fsp3) is 0.0588. The first kappa shape index (κ1) is 20.9. The van der Waals surface area contributed by atoms with Gasteiger partial charge in [0.1, 0.15) is 16.5 Å². The summed E-state index contributed by atoms with van der Waals surface area (Å²) in [6, 6.07) is 12.4. The van der Waals surface area contributed by atoms with E-state index in [-0.39, 0.29) is 34.8 Å². The second-order valence-electron chi connectivity index (χ2n) is 5.41. The van der Waals surface area contributed by atoms with Crippen LogP contribution in [-0.4, -0.2) is 18.4 Å². The van der Waals surface area contributed by atoms with E-state index in [4.69, 9.17) is 10.7 Å². The van der Waals surface area contributed by atoms with Crippen molar-refractivity contribution in [1.82, 2.24) is 9.97 Å². The lowest BCUT2D eigenvalue weighted by Gasteiger charge is -2.11. The molecule has 0 aliphatic carbocycles. The summed E-state index contributed by atoms with van der Waals surface area (Å²) in [5, 5.41) is 5.88. The van der Waals surface area contributed by atoms with Crippen LogP contribution in [-0.2, 0) is 9.05 Å². The van der Waals surface area contributed by atoms with Crippen LogP contribution in [0.1, 0.15) is 5.56 Å². The zero-order valence-corrected chi connectivity index (χ0v) is 16.4. The van der Waals surface area contributed by atoms with Gasteiger partial charge in [-0.3, -0.25) is 0 Å². The molecule has 0 unspecified atom stereocenters. The average Bonchev–Trinajstić information content (AvgIpc) is 2.58. The van der Waals surface area contributed by atoms with Gasteiger partial charge in [-0.05, 0) is 48.9 Å². The minimum absolute atomic E-state index is 0. The molecule has 0 amide bonds. The van der Waals surface area contributed by atoms with E-state index in [0.29, 0.717) is 17.1 Å². The summed E-state index contributed by atoms with van der Waals surface area (Å²) in [6.45, 7) is 1.66. The molecule has 2 N–H and O–H groups in total. The third-order valence-corrected chi connectivity index (χ3v) is 4.86. The topological polar surface area (TPSA) is 84.0 Å². The highest BCUT2D eigenvalue weighted by Crippen LogP contribution is 2.26. The summed E-state index contributed by atoms with van der Waals surface area (Å²) in [5.74, 6) is 0.348. The highest BCUT2D eigenvalue weighted by molar-refractivity contribution is 8.13. The molecule has 0 aliphatic heterocycles. The second kappa shape index (κ2) is 8.51. The molecule has 0 fully saturated rings. The van der Waals surface area contributed by atoms with E-state index in [2.05, 4.69) is 20.6 Å². The smallest absolute Gasteiger partial charge is 0.263 e. The van der Waals surface area contributed by atoms with E-state index in [1.54, 1.807) is 43.3 Å². The number of hydrogen-bond donors (Lipinski definition) is 2. The van der Waals surface area contributed by atoms with Crippen molar-refractivity contribution >= 4 is 55.3 Å². The Morgan fingerprint density at radius 2 is 1.81 bits per heavy atom. The van der Waals surface area contributed by atoms with E-state index in [1.807, 2.05) is 0 Å². The summed E-state index contributed by atoms with van der Waals surface area (Å²) in [7, 11) is 1.53. The van der Waals surface area contributed by atoms with Crippen molar-refractivity contribution < 1.29 is 12.8 Å². The minimum atomic E-state index is -3.92.